The molecule has 3 nitrogen and oxygen atoms in total. The van der Waals surface area contributed by atoms with Crippen molar-refractivity contribution in [1.29, 1.82) is 0 Å². The highest BCUT2D eigenvalue weighted by Gasteiger charge is 2.08. The molecule has 1 aromatic carbocycles. The van der Waals surface area contributed by atoms with Crippen LogP contribution in [0, 0.1) is 11.6 Å². The van der Waals surface area contributed by atoms with Crippen LogP contribution in [-0.2, 0) is 6.61 Å². The fraction of sp³-hybridized carbons (Fsp3) is 0.214. The second kappa shape index (κ2) is 6.52. The number of benzene rings is 1. The molecule has 0 atom stereocenters. The lowest BCUT2D eigenvalue weighted by Gasteiger charge is -2.10. The fourth-order valence-corrected chi connectivity index (χ4v) is 1.76. The lowest BCUT2D eigenvalue weighted by atomic mass is 10.3. The van der Waals surface area contributed by atoms with Gasteiger partial charge in [-0.15, -0.1) is 0 Å². The predicted molar refractivity (Wildman–Crippen MR) is 74.1 cm³/mol. The summed E-state index contributed by atoms with van der Waals surface area (Å²) in [6.07, 6.45) is 0. The minimum atomic E-state index is -0.760. The lowest BCUT2D eigenvalue weighted by Crippen LogP contribution is -2.05. The van der Waals surface area contributed by atoms with Crippen LogP contribution in [0.15, 0.2) is 30.3 Å². The van der Waals surface area contributed by atoms with E-state index in [1.54, 1.807) is 12.1 Å². The molecule has 2 rings (SSSR count). The summed E-state index contributed by atoms with van der Waals surface area (Å²) in [4.78, 5) is 4.26. The van der Waals surface area contributed by atoms with E-state index in [1.165, 1.54) is 6.07 Å². The highest BCUT2D eigenvalue weighted by molar-refractivity contribution is 6.31. The summed E-state index contributed by atoms with van der Waals surface area (Å²) >= 11 is 6.00. The van der Waals surface area contributed by atoms with E-state index >= 15 is 0 Å². The Morgan fingerprint density at radius 3 is 2.75 bits per heavy atom. The molecule has 2 aromatic rings. The SMILES string of the molecule is CCNc1ccc(Cl)c(COc2ccc(F)cc2F)n1. The third kappa shape index (κ3) is 3.57. The molecule has 0 fully saturated rings. The molecule has 6 heteroatoms. The van der Waals surface area contributed by atoms with E-state index in [1.807, 2.05) is 6.92 Å². The zero-order valence-electron chi connectivity index (χ0n) is 10.8. The van der Waals surface area contributed by atoms with Gasteiger partial charge in [-0.05, 0) is 31.2 Å². The molecular weight excluding hydrogens is 286 g/mol. The lowest BCUT2D eigenvalue weighted by molar-refractivity contribution is 0.285. The van der Waals surface area contributed by atoms with Crippen LogP contribution in [0.5, 0.6) is 5.75 Å². The average molecular weight is 299 g/mol. The summed E-state index contributed by atoms with van der Waals surface area (Å²) in [5.74, 6) is -0.794. The summed E-state index contributed by atoms with van der Waals surface area (Å²) < 4.78 is 31.5. The largest absolute Gasteiger partial charge is 0.484 e. The van der Waals surface area contributed by atoms with Crippen molar-refractivity contribution in [2.24, 2.45) is 0 Å². The Kier molecular flexibility index (Phi) is 4.74. The molecule has 20 heavy (non-hydrogen) atoms. The molecular formula is C14H13ClF2N2O. The summed E-state index contributed by atoms with van der Waals surface area (Å²) in [5, 5.41) is 3.47. The van der Waals surface area contributed by atoms with Gasteiger partial charge in [0, 0.05) is 12.6 Å². The smallest absolute Gasteiger partial charge is 0.167 e. The maximum atomic E-state index is 13.4. The standard InChI is InChI=1S/C14H13ClF2N2O/c1-2-18-14-6-4-10(15)12(19-14)8-20-13-5-3-9(16)7-11(13)17/h3-7H,2,8H2,1H3,(H,18,19). The van der Waals surface area contributed by atoms with Gasteiger partial charge in [-0.3, -0.25) is 0 Å². The monoisotopic (exact) mass is 298 g/mol. The topological polar surface area (TPSA) is 34.1 Å². The zero-order valence-corrected chi connectivity index (χ0v) is 11.5. The molecule has 0 aliphatic rings. The van der Waals surface area contributed by atoms with Gasteiger partial charge in [0.2, 0.25) is 0 Å². The molecule has 0 saturated carbocycles. The van der Waals surface area contributed by atoms with Crippen LogP contribution in [-0.4, -0.2) is 11.5 Å². The Bertz CT molecular complexity index is 608. The van der Waals surface area contributed by atoms with Crippen molar-refractivity contribution in [1.82, 2.24) is 4.98 Å². The van der Waals surface area contributed by atoms with Gasteiger partial charge in [-0.1, -0.05) is 11.6 Å². The molecule has 0 unspecified atom stereocenters. The van der Waals surface area contributed by atoms with E-state index in [-0.39, 0.29) is 12.4 Å². The first kappa shape index (κ1) is 14.5. The van der Waals surface area contributed by atoms with Crippen LogP contribution in [0.25, 0.3) is 0 Å². The molecule has 0 amide bonds. The molecule has 0 aliphatic heterocycles. The second-order valence-corrected chi connectivity index (χ2v) is 4.43. The summed E-state index contributed by atoms with van der Waals surface area (Å²) in [5.41, 5.74) is 0.480. The Balaban J connectivity index is 2.11. The van der Waals surface area contributed by atoms with E-state index in [4.69, 9.17) is 16.3 Å². The van der Waals surface area contributed by atoms with Gasteiger partial charge in [0.15, 0.2) is 11.6 Å². The number of aromatic nitrogens is 1. The minimum absolute atomic E-state index is 0.000615. The third-order valence-corrected chi connectivity index (χ3v) is 2.88. The van der Waals surface area contributed by atoms with E-state index in [9.17, 15) is 8.78 Å². The van der Waals surface area contributed by atoms with Gasteiger partial charge in [0.1, 0.15) is 18.2 Å². The average Bonchev–Trinajstić information content (AvgIpc) is 2.41. The Hall–Kier alpha value is -1.88. The number of hydrogen-bond donors (Lipinski definition) is 1. The number of hydrogen-bond acceptors (Lipinski definition) is 3. The van der Waals surface area contributed by atoms with Crippen molar-refractivity contribution in [2.45, 2.75) is 13.5 Å². The Morgan fingerprint density at radius 1 is 1.25 bits per heavy atom. The minimum Gasteiger partial charge on any atom is -0.484 e. The first-order valence-corrected chi connectivity index (χ1v) is 6.45. The number of nitrogens with one attached hydrogen (secondary N) is 1. The van der Waals surface area contributed by atoms with Crippen LogP contribution in [0.3, 0.4) is 0 Å². The van der Waals surface area contributed by atoms with Crippen molar-refractivity contribution in [2.75, 3.05) is 11.9 Å². The summed E-state index contributed by atoms with van der Waals surface area (Å²) in [7, 11) is 0. The molecule has 1 N–H and O–H groups in total. The van der Waals surface area contributed by atoms with Gasteiger partial charge < -0.3 is 10.1 Å². The number of halogens is 3. The molecule has 106 valence electrons. The van der Waals surface area contributed by atoms with Gasteiger partial charge in [0.05, 0.1) is 10.7 Å². The van der Waals surface area contributed by atoms with Gasteiger partial charge in [0.25, 0.3) is 0 Å². The first-order valence-electron chi connectivity index (χ1n) is 6.07. The Labute approximate surface area is 120 Å². The van der Waals surface area contributed by atoms with E-state index in [0.717, 1.165) is 18.7 Å². The molecule has 0 aliphatic carbocycles. The maximum absolute atomic E-state index is 13.4. The number of pyridine rings is 1. The van der Waals surface area contributed by atoms with E-state index < -0.39 is 11.6 Å². The van der Waals surface area contributed by atoms with Gasteiger partial charge in [-0.25, -0.2) is 13.8 Å². The van der Waals surface area contributed by atoms with Gasteiger partial charge >= 0.3 is 0 Å². The van der Waals surface area contributed by atoms with Crippen LogP contribution in [0.2, 0.25) is 5.02 Å². The number of ether oxygens (including phenoxy) is 1. The van der Waals surface area contributed by atoms with Crippen molar-refractivity contribution in [3.63, 3.8) is 0 Å². The van der Waals surface area contributed by atoms with Crippen LogP contribution < -0.4 is 10.1 Å². The van der Waals surface area contributed by atoms with Crippen LogP contribution >= 0.6 is 11.6 Å². The van der Waals surface area contributed by atoms with Crippen molar-refractivity contribution >= 4 is 17.4 Å². The Morgan fingerprint density at radius 2 is 2.05 bits per heavy atom. The molecule has 0 bridgehead atoms. The van der Waals surface area contributed by atoms with E-state index in [0.29, 0.717) is 16.5 Å². The highest BCUT2D eigenvalue weighted by atomic mass is 35.5. The van der Waals surface area contributed by atoms with Crippen LogP contribution in [0.1, 0.15) is 12.6 Å². The zero-order chi connectivity index (χ0) is 14.5. The van der Waals surface area contributed by atoms with E-state index in [2.05, 4.69) is 10.3 Å². The second-order valence-electron chi connectivity index (χ2n) is 4.02. The van der Waals surface area contributed by atoms with Gasteiger partial charge in [-0.2, -0.15) is 0 Å². The quantitative estimate of drug-likeness (QED) is 0.905. The highest BCUT2D eigenvalue weighted by Crippen LogP contribution is 2.22. The summed E-state index contributed by atoms with van der Waals surface area (Å²) in [6.45, 7) is 2.67. The third-order valence-electron chi connectivity index (χ3n) is 2.53. The summed E-state index contributed by atoms with van der Waals surface area (Å²) in [6, 6.07) is 6.55. The predicted octanol–water partition coefficient (Wildman–Crippen LogP) is 4.02. The fourth-order valence-electron chi connectivity index (χ4n) is 1.60. The van der Waals surface area contributed by atoms with Crippen molar-refractivity contribution < 1.29 is 13.5 Å². The molecule has 0 saturated heterocycles. The molecule has 0 spiro atoms. The number of rotatable bonds is 5. The number of anilines is 1. The molecule has 1 heterocycles. The number of nitrogens with zero attached hydrogens (tertiary/aromatic N) is 1. The molecule has 1 aromatic heterocycles. The van der Waals surface area contributed by atoms with Crippen molar-refractivity contribution in [3.05, 3.63) is 52.7 Å². The van der Waals surface area contributed by atoms with Crippen LogP contribution in [0.4, 0.5) is 14.6 Å². The normalized spacial score (nSPS) is 10.4. The first-order chi connectivity index (χ1) is 9.60. The molecule has 0 radical (unpaired) electrons. The maximum Gasteiger partial charge on any atom is 0.167 e. The van der Waals surface area contributed by atoms with Crippen molar-refractivity contribution in [3.8, 4) is 5.75 Å².